The summed E-state index contributed by atoms with van der Waals surface area (Å²) >= 11 is 0. The normalized spacial score (nSPS) is 9.75. The average molecular weight is 111 g/mol. The molecule has 44 valence electrons. The summed E-state index contributed by atoms with van der Waals surface area (Å²) in [5, 5.41) is 3.14. The van der Waals surface area contributed by atoms with Crippen molar-refractivity contribution in [2.75, 3.05) is 0 Å². The van der Waals surface area contributed by atoms with Crippen molar-refractivity contribution in [3.05, 3.63) is 18.0 Å². The standard InChI is InChI=1S/C6H10N2/c1-3-8-5-4-6(2)7-8/h4-5H,3H2,1-2H3/p+1. The fourth-order valence-corrected chi connectivity index (χ4v) is 0.687. The summed E-state index contributed by atoms with van der Waals surface area (Å²) in [5.74, 6) is 0. The average Bonchev–Trinajstić information content (AvgIpc) is 2.14. The largest absolute Gasteiger partial charge is 0.195 e. The Kier molecular flexibility index (Phi) is 1.33. The molecule has 0 aliphatic carbocycles. The highest BCUT2D eigenvalue weighted by atomic mass is 15.3. The number of nitrogens with zero attached hydrogens (tertiary/aromatic N) is 1. The molecule has 8 heavy (non-hydrogen) atoms. The van der Waals surface area contributed by atoms with Gasteiger partial charge in [-0.05, 0) is 13.8 Å². The van der Waals surface area contributed by atoms with Crippen molar-refractivity contribution >= 4 is 0 Å². The summed E-state index contributed by atoms with van der Waals surface area (Å²) in [6.07, 6.45) is 2.04. The first-order valence-corrected chi connectivity index (χ1v) is 2.88. The van der Waals surface area contributed by atoms with Gasteiger partial charge in [-0.2, -0.15) is 5.10 Å². The fourth-order valence-electron chi connectivity index (χ4n) is 0.687. The summed E-state index contributed by atoms with van der Waals surface area (Å²) < 4.78 is 2.04. The topological polar surface area (TPSA) is 19.7 Å². The van der Waals surface area contributed by atoms with Crippen molar-refractivity contribution in [3.63, 3.8) is 0 Å². The van der Waals surface area contributed by atoms with Crippen LogP contribution in [-0.2, 0) is 6.54 Å². The predicted octanol–water partition coefficient (Wildman–Crippen LogP) is 0.631. The zero-order valence-electron chi connectivity index (χ0n) is 5.31. The van der Waals surface area contributed by atoms with Crippen molar-refractivity contribution in [2.45, 2.75) is 20.4 Å². The maximum absolute atomic E-state index is 3.14. The predicted molar refractivity (Wildman–Crippen MR) is 31.4 cm³/mol. The van der Waals surface area contributed by atoms with Gasteiger partial charge in [-0.1, -0.05) is 0 Å². The van der Waals surface area contributed by atoms with Crippen molar-refractivity contribution < 1.29 is 4.68 Å². The number of hydrogen-bond acceptors (Lipinski definition) is 0. The van der Waals surface area contributed by atoms with E-state index in [9.17, 15) is 0 Å². The Labute approximate surface area is 49.1 Å². The van der Waals surface area contributed by atoms with Gasteiger partial charge in [0.25, 0.3) is 0 Å². The lowest BCUT2D eigenvalue weighted by molar-refractivity contribution is -0.747. The molecule has 1 aromatic heterocycles. The molecule has 0 spiro atoms. The molecule has 0 atom stereocenters. The third-order valence-corrected chi connectivity index (χ3v) is 1.17. The van der Waals surface area contributed by atoms with E-state index in [-0.39, 0.29) is 0 Å². The number of H-pyrrole nitrogens is 1. The maximum Gasteiger partial charge on any atom is 0.195 e. The molecule has 0 radical (unpaired) electrons. The molecule has 0 saturated carbocycles. The molecule has 1 aromatic rings. The summed E-state index contributed by atoms with van der Waals surface area (Å²) in [6, 6.07) is 2.06. The number of nitrogens with one attached hydrogen (secondary N) is 1. The molecular formula is C6H11N2+. The molecule has 0 bridgehead atoms. The lowest BCUT2D eigenvalue weighted by Crippen LogP contribution is -2.33. The van der Waals surface area contributed by atoms with Crippen LogP contribution in [-0.4, -0.2) is 5.10 Å². The number of hydrogen-bond donors (Lipinski definition) is 1. The van der Waals surface area contributed by atoms with E-state index in [1.807, 2.05) is 17.8 Å². The van der Waals surface area contributed by atoms with Gasteiger partial charge < -0.3 is 0 Å². The van der Waals surface area contributed by atoms with Crippen molar-refractivity contribution in [2.24, 2.45) is 0 Å². The summed E-state index contributed by atoms with van der Waals surface area (Å²) in [7, 11) is 0. The van der Waals surface area contributed by atoms with E-state index in [1.54, 1.807) is 0 Å². The van der Waals surface area contributed by atoms with Crippen molar-refractivity contribution in [1.82, 2.24) is 5.10 Å². The van der Waals surface area contributed by atoms with E-state index >= 15 is 0 Å². The zero-order valence-corrected chi connectivity index (χ0v) is 5.31. The molecule has 1 rings (SSSR count). The van der Waals surface area contributed by atoms with Crippen LogP contribution in [0.25, 0.3) is 0 Å². The second-order valence-electron chi connectivity index (χ2n) is 1.90. The number of aromatic amines is 1. The molecule has 0 fully saturated rings. The molecule has 0 amide bonds. The smallest absolute Gasteiger partial charge is 0.170 e. The van der Waals surface area contributed by atoms with Crippen LogP contribution in [0.3, 0.4) is 0 Å². The van der Waals surface area contributed by atoms with E-state index in [1.165, 1.54) is 5.69 Å². The van der Waals surface area contributed by atoms with E-state index in [2.05, 4.69) is 18.1 Å². The minimum atomic E-state index is 1.02. The summed E-state index contributed by atoms with van der Waals surface area (Å²) in [6.45, 7) is 5.18. The molecule has 0 aromatic carbocycles. The van der Waals surface area contributed by atoms with Crippen LogP contribution in [0.1, 0.15) is 12.6 Å². The Hall–Kier alpha value is -0.790. The Balaban J connectivity index is 2.84. The first-order chi connectivity index (χ1) is 3.83. The number of aryl methyl sites for hydroxylation is 2. The minimum absolute atomic E-state index is 1.02. The second kappa shape index (κ2) is 1.99. The molecule has 1 heterocycles. The molecule has 0 aliphatic heterocycles. The van der Waals surface area contributed by atoms with E-state index in [0.717, 1.165) is 6.54 Å². The lowest BCUT2D eigenvalue weighted by Gasteiger charge is -1.78. The molecule has 2 heteroatoms. The van der Waals surface area contributed by atoms with Crippen LogP contribution >= 0.6 is 0 Å². The Morgan fingerprint density at radius 2 is 2.50 bits per heavy atom. The van der Waals surface area contributed by atoms with E-state index in [4.69, 9.17) is 0 Å². The van der Waals surface area contributed by atoms with Crippen LogP contribution in [0.4, 0.5) is 0 Å². The van der Waals surface area contributed by atoms with Crippen LogP contribution in [0, 0.1) is 6.92 Å². The Morgan fingerprint density at radius 3 is 2.75 bits per heavy atom. The highest BCUT2D eigenvalue weighted by Gasteiger charge is 1.94. The first kappa shape index (κ1) is 5.35. The van der Waals surface area contributed by atoms with Crippen molar-refractivity contribution in [1.29, 1.82) is 0 Å². The van der Waals surface area contributed by atoms with Gasteiger partial charge in [0.15, 0.2) is 12.7 Å². The fraction of sp³-hybridized carbons (Fsp3) is 0.500. The Bertz CT molecular complexity index is 167. The summed E-state index contributed by atoms with van der Waals surface area (Å²) in [5.41, 5.74) is 1.21. The molecular weight excluding hydrogens is 100 g/mol. The monoisotopic (exact) mass is 111 g/mol. The van der Waals surface area contributed by atoms with Crippen molar-refractivity contribution in [3.8, 4) is 0 Å². The van der Waals surface area contributed by atoms with E-state index < -0.39 is 0 Å². The molecule has 0 aliphatic rings. The van der Waals surface area contributed by atoms with Gasteiger partial charge in [-0.25, -0.2) is 0 Å². The quantitative estimate of drug-likeness (QED) is 0.513. The van der Waals surface area contributed by atoms with Gasteiger partial charge in [0.1, 0.15) is 0 Å². The maximum atomic E-state index is 3.14. The van der Waals surface area contributed by atoms with Gasteiger partial charge in [-0.3, -0.25) is 0 Å². The van der Waals surface area contributed by atoms with Crippen LogP contribution in [0.5, 0.6) is 0 Å². The van der Waals surface area contributed by atoms with Gasteiger partial charge in [-0.15, -0.1) is 4.68 Å². The third kappa shape index (κ3) is 0.886. The van der Waals surface area contributed by atoms with E-state index in [0.29, 0.717) is 0 Å². The lowest BCUT2D eigenvalue weighted by atomic mass is 10.5. The van der Waals surface area contributed by atoms with Crippen LogP contribution < -0.4 is 4.68 Å². The van der Waals surface area contributed by atoms with Gasteiger partial charge >= 0.3 is 0 Å². The molecule has 1 N–H and O–H groups in total. The molecule has 2 nitrogen and oxygen atoms in total. The highest BCUT2D eigenvalue weighted by Crippen LogP contribution is 1.82. The molecule has 0 saturated heterocycles. The van der Waals surface area contributed by atoms with Gasteiger partial charge in [0.05, 0.1) is 5.69 Å². The van der Waals surface area contributed by atoms with Gasteiger partial charge in [0.2, 0.25) is 0 Å². The van der Waals surface area contributed by atoms with Crippen LogP contribution in [0.15, 0.2) is 12.3 Å². The third-order valence-electron chi connectivity index (χ3n) is 1.17. The second-order valence-corrected chi connectivity index (χ2v) is 1.90. The Morgan fingerprint density at radius 1 is 1.75 bits per heavy atom. The summed E-state index contributed by atoms with van der Waals surface area (Å²) in [4.78, 5) is 0. The van der Waals surface area contributed by atoms with Crippen LogP contribution in [0.2, 0.25) is 0 Å². The highest BCUT2D eigenvalue weighted by molar-refractivity contribution is 4.88. The molecule has 0 unspecified atom stereocenters. The number of aromatic nitrogens is 2. The minimum Gasteiger partial charge on any atom is -0.170 e. The number of rotatable bonds is 1. The first-order valence-electron chi connectivity index (χ1n) is 2.88. The SMILES string of the molecule is CC[n+]1ccc(C)[nH]1. The van der Waals surface area contributed by atoms with Gasteiger partial charge in [0, 0.05) is 6.07 Å². The zero-order chi connectivity index (χ0) is 5.98.